The van der Waals surface area contributed by atoms with Gasteiger partial charge in [-0.15, -0.1) is 0 Å². The highest BCUT2D eigenvalue weighted by atomic mass is 32.2. The van der Waals surface area contributed by atoms with Gasteiger partial charge in [0.25, 0.3) is 0 Å². The molecule has 1 aromatic carbocycles. The van der Waals surface area contributed by atoms with Crippen LogP contribution in [0.3, 0.4) is 0 Å². The van der Waals surface area contributed by atoms with Crippen molar-refractivity contribution in [1.29, 1.82) is 0 Å². The Morgan fingerprint density at radius 2 is 2.05 bits per heavy atom. The average molecular weight is 318 g/mol. The molecular weight excluding hydrogens is 301 g/mol. The molecule has 2 atom stereocenters. The van der Waals surface area contributed by atoms with Gasteiger partial charge in [0.05, 0.1) is 11.9 Å². The highest BCUT2D eigenvalue weighted by molar-refractivity contribution is 8.01. The molecule has 2 aliphatic heterocycles. The number of ether oxygens (including phenoxy) is 1. The molecule has 0 spiro atoms. The molecule has 116 valence electrons. The van der Waals surface area contributed by atoms with E-state index in [1.807, 2.05) is 30.0 Å². The lowest BCUT2D eigenvalue weighted by molar-refractivity contribution is -0.0346. The summed E-state index contributed by atoms with van der Waals surface area (Å²) in [6, 6.07) is 5.39. The van der Waals surface area contributed by atoms with Crippen LogP contribution in [0.4, 0.5) is 18.9 Å². The van der Waals surface area contributed by atoms with Crippen molar-refractivity contribution in [2.24, 2.45) is 0 Å². The molecule has 3 rings (SSSR count). The molecule has 0 aliphatic carbocycles. The molecular formula is C14H17F3N2OS. The summed E-state index contributed by atoms with van der Waals surface area (Å²) in [5.74, 6) is 0.597. The lowest BCUT2D eigenvalue weighted by atomic mass is 9.97. The van der Waals surface area contributed by atoms with E-state index >= 15 is 0 Å². The van der Waals surface area contributed by atoms with Crippen molar-refractivity contribution in [3.05, 3.63) is 23.8 Å². The minimum Gasteiger partial charge on any atom is -0.497 e. The Balaban J connectivity index is 2.15. The number of likely N-dealkylation sites (tertiary alicyclic amines) is 1. The van der Waals surface area contributed by atoms with Gasteiger partial charge in [-0.1, -0.05) is 0 Å². The van der Waals surface area contributed by atoms with E-state index < -0.39 is 10.3 Å². The Hall–Kier alpha value is -1.08. The summed E-state index contributed by atoms with van der Waals surface area (Å²) in [6.45, 7) is 0.648. The zero-order valence-electron chi connectivity index (χ0n) is 12.1. The fraction of sp³-hybridized carbons (Fsp3) is 0.571. The Labute approximate surface area is 126 Å². The van der Waals surface area contributed by atoms with Crippen LogP contribution in [0.5, 0.6) is 5.75 Å². The number of halogens is 3. The molecule has 7 heteroatoms. The molecule has 0 N–H and O–H groups in total. The van der Waals surface area contributed by atoms with Crippen molar-refractivity contribution in [2.45, 2.75) is 22.8 Å². The smallest absolute Gasteiger partial charge is 0.442 e. The van der Waals surface area contributed by atoms with Crippen molar-refractivity contribution < 1.29 is 17.9 Å². The fourth-order valence-corrected chi connectivity index (χ4v) is 4.94. The van der Waals surface area contributed by atoms with Crippen LogP contribution in [0, 0.1) is 0 Å². The number of likely N-dealkylation sites (N-methyl/N-ethyl adjacent to an activating group) is 2. The lowest BCUT2D eigenvalue weighted by Gasteiger charge is -2.34. The van der Waals surface area contributed by atoms with E-state index in [0.29, 0.717) is 18.7 Å². The average Bonchev–Trinajstić information content (AvgIpc) is 2.84. The molecule has 0 saturated carbocycles. The molecule has 21 heavy (non-hydrogen) atoms. The molecule has 0 radical (unpaired) electrons. The van der Waals surface area contributed by atoms with Gasteiger partial charge in [-0.25, -0.2) is 0 Å². The fourth-order valence-electron chi connectivity index (χ4n) is 3.62. The number of hydrogen-bond donors (Lipinski definition) is 0. The van der Waals surface area contributed by atoms with Crippen molar-refractivity contribution in [3.63, 3.8) is 0 Å². The van der Waals surface area contributed by atoms with Crippen LogP contribution in [-0.2, 0) is 4.75 Å². The van der Waals surface area contributed by atoms with Gasteiger partial charge < -0.3 is 9.64 Å². The van der Waals surface area contributed by atoms with Crippen LogP contribution in [0.2, 0.25) is 0 Å². The molecule has 1 aromatic rings. The number of nitrogens with zero attached hydrogens (tertiary/aromatic N) is 2. The molecule has 0 aromatic heterocycles. The van der Waals surface area contributed by atoms with Gasteiger partial charge in [0.2, 0.25) is 0 Å². The number of benzene rings is 1. The Kier molecular flexibility index (Phi) is 3.33. The summed E-state index contributed by atoms with van der Waals surface area (Å²) in [4.78, 5) is 3.94. The number of fused-ring (bicyclic) bond motifs is 3. The van der Waals surface area contributed by atoms with Crippen molar-refractivity contribution in [3.8, 4) is 5.75 Å². The first-order chi connectivity index (χ1) is 9.78. The Morgan fingerprint density at radius 1 is 1.33 bits per heavy atom. The zero-order chi connectivity index (χ0) is 15.4. The lowest BCUT2D eigenvalue weighted by Crippen LogP contribution is -2.46. The van der Waals surface area contributed by atoms with Gasteiger partial charge in [-0.2, -0.15) is 13.2 Å². The second-order valence-corrected chi connectivity index (χ2v) is 6.93. The van der Waals surface area contributed by atoms with E-state index in [4.69, 9.17) is 4.74 Å². The normalized spacial score (nSPS) is 28.7. The van der Waals surface area contributed by atoms with Crippen LogP contribution >= 0.6 is 11.8 Å². The van der Waals surface area contributed by atoms with Gasteiger partial charge in [-0.05, 0) is 49.0 Å². The minimum atomic E-state index is -4.27. The largest absolute Gasteiger partial charge is 0.497 e. The van der Waals surface area contributed by atoms with Gasteiger partial charge in [0.15, 0.2) is 0 Å². The highest BCUT2D eigenvalue weighted by Crippen LogP contribution is 2.61. The predicted octanol–water partition coefficient (Wildman–Crippen LogP) is 3.25. The predicted molar refractivity (Wildman–Crippen MR) is 77.8 cm³/mol. The summed E-state index contributed by atoms with van der Waals surface area (Å²) in [5.41, 5.74) is -2.69. The third kappa shape index (κ3) is 2.17. The maximum Gasteiger partial charge on any atom is 0.442 e. The topological polar surface area (TPSA) is 15.7 Å². The summed E-state index contributed by atoms with van der Waals surface area (Å²) in [7, 11) is 5.27. The number of hydrogen-bond acceptors (Lipinski definition) is 4. The van der Waals surface area contributed by atoms with Crippen LogP contribution in [-0.4, -0.2) is 44.3 Å². The third-order valence-corrected chi connectivity index (χ3v) is 5.61. The van der Waals surface area contributed by atoms with Crippen molar-refractivity contribution in [1.82, 2.24) is 4.90 Å². The maximum absolute atomic E-state index is 13.2. The first-order valence-corrected chi connectivity index (χ1v) is 7.48. The summed E-state index contributed by atoms with van der Waals surface area (Å²) in [5, 5.41) is 0. The molecule has 0 amide bonds. The van der Waals surface area contributed by atoms with E-state index in [-0.39, 0.29) is 17.9 Å². The molecule has 0 bridgehead atoms. The van der Waals surface area contributed by atoms with Gasteiger partial charge >= 0.3 is 5.51 Å². The maximum atomic E-state index is 13.2. The Morgan fingerprint density at radius 3 is 2.67 bits per heavy atom. The number of anilines is 1. The van der Waals surface area contributed by atoms with E-state index in [1.165, 1.54) is 7.11 Å². The van der Waals surface area contributed by atoms with Gasteiger partial charge in [0.1, 0.15) is 11.9 Å². The minimum absolute atomic E-state index is 0.113. The highest BCUT2D eigenvalue weighted by Gasteiger charge is 2.60. The van der Waals surface area contributed by atoms with Crippen LogP contribution in [0.1, 0.15) is 12.0 Å². The summed E-state index contributed by atoms with van der Waals surface area (Å²) >= 11 is 0.113. The monoisotopic (exact) mass is 318 g/mol. The standard InChI is InChI=1S/C14H17F3N2OS/c1-18-7-6-13(21-14(15,16)17)10-8-9(20-3)4-5-11(10)19(2)12(13)18/h4-5,8,12H,6-7H2,1-3H3/t12-,13-/m0/s1. The summed E-state index contributed by atoms with van der Waals surface area (Å²) in [6.07, 6.45) is 0.189. The first kappa shape index (κ1) is 14.8. The SMILES string of the molecule is COc1ccc2c(c1)[C@@]1(SC(F)(F)F)CCN(C)[C@H]1N2C. The van der Waals surface area contributed by atoms with Crippen LogP contribution in [0.25, 0.3) is 0 Å². The van der Waals surface area contributed by atoms with E-state index in [9.17, 15) is 13.2 Å². The van der Waals surface area contributed by atoms with Crippen molar-refractivity contribution in [2.75, 3.05) is 32.6 Å². The van der Waals surface area contributed by atoms with Gasteiger partial charge in [-0.3, -0.25) is 4.90 Å². The number of thioether (sulfide) groups is 1. The Bertz CT molecular complexity index is 566. The molecule has 3 nitrogen and oxygen atoms in total. The molecule has 2 aliphatic rings. The van der Waals surface area contributed by atoms with E-state index in [1.54, 1.807) is 12.1 Å². The number of rotatable bonds is 2. The quantitative estimate of drug-likeness (QED) is 0.831. The molecule has 0 unspecified atom stereocenters. The van der Waals surface area contributed by atoms with Crippen molar-refractivity contribution >= 4 is 17.4 Å². The van der Waals surface area contributed by atoms with Gasteiger partial charge in [0, 0.05) is 19.3 Å². The first-order valence-electron chi connectivity index (χ1n) is 6.67. The van der Waals surface area contributed by atoms with E-state index in [2.05, 4.69) is 0 Å². The number of methoxy groups -OCH3 is 1. The third-order valence-electron chi connectivity index (χ3n) is 4.37. The molecule has 1 fully saturated rings. The second kappa shape index (κ2) is 4.71. The number of alkyl halides is 3. The molecule has 2 heterocycles. The van der Waals surface area contributed by atoms with Crippen LogP contribution < -0.4 is 9.64 Å². The van der Waals surface area contributed by atoms with E-state index in [0.717, 1.165) is 11.3 Å². The second-order valence-electron chi connectivity index (χ2n) is 5.54. The summed E-state index contributed by atoms with van der Waals surface area (Å²) < 4.78 is 43.7. The zero-order valence-corrected chi connectivity index (χ0v) is 12.9. The molecule has 1 saturated heterocycles. The van der Waals surface area contributed by atoms with Crippen LogP contribution in [0.15, 0.2) is 18.2 Å².